The molecule has 1 fully saturated rings. The van der Waals surface area contributed by atoms with Crippen LogP contribution in [0.1, 0.15) is 42.2 Å². The molecular weight excluding hydrogens is 446 g/mol. The standard InChI is InChI=1S/C26H27N5O4/c1-17-23(25(35)31(28(17)3)18-9-5-4-6-10-18)27-21(32)14-16-29-24(34)19-11-7-8-12-20(19)30-22(33)13-15-26(29,30)2/h4-12H,13-16H2,1-3H3,(H,27,32). The van der Waals surface area contributed by atoms with Gasteiger partial charge in [0.15, 0.2) is 0 Å². The lowest BCUT2D eigenvalue weighted by Gasteiger charge is -2.48. The highest BCUT2D eigenvalue weighted by atomic mass is 16.2. The van der Waals surface area contributed by atoms with Gasteiger partial charge < -0.3 is 10.2 Å². The van der Waals surface area contributed by atoms with E-state index in [2.05, 4.69) is 5.32 Å². The summed E-state index contributed by atoms with van der Waals surface area (Å²) in [6.45, 7) is 3.76. The van der Waals surface area contributed by atoms with E-state index < -0.39 is 5.66 Å². The van der Waals surface area contributed by atoms with Crippen LogP contribution in [0.25, 0.3) is 5.69 Å². The third-order valence-electron chi connectivity index (χ3n) is 7.13. The summed E-state index contributed by atoms with van der Waals surface area (Å²) in [5.41, 5.74) is 1.43. The molecule has 0 spiro atoms. The zero-order valence-corrected chi connectivity index (χ0v) is 19.9. The number of fused-ring (bicyclic) bond motifs is 3. The van der Waals surface area contributed by atoms with Gasteiger partial charge in [-0.15, -0.1) is 0 Å². The van der Waals surface area contributed by atoms with E-state index in [0.717, 1.165) is 0 Å². The normalized spacial score (nSPS) is 19.1. The van der Waals surface area contributed by atoms with Crippen LogP contribution in [0.2, 0.25) is 0 Å². The molecule has 1 unspecified atom stereocenters. The Hall–Kier alpha value is -4.14. The second-order valence-electron chi connectivity index (χ2n) is 9.15. The Morgan fingerprint density at radius 2 is 1.71 bits per heavy atom. The number of hydrogen-bond acceptors (Lipinski definition) is 4. The summed E-state index contributed by atoms with van der Waals surface area (Å²) in [4.78, 5) is 55.4. The summed E-state index contributed by atoms with van der Waals surface area (Å²) in [5.74, 6) is -0.616. The van der Waals surface area contributed by atoms with Gasteiger partial charge in [0.05, 0.1) is 22.6 Å². The zero-order valence-electron chi connectivity index (χ0n) is 19.9. The maximum atomic E-state index is 13.4. The number of aromatic nitrogens is 2. The number of para-hydroxylation sites is 2. The van der Waals surface area contributed by atoms with Crippen molar-refractivity contribution in [3.63, 3.8) is 0 Å². The van der Waals surface area contributed by atoms with E-state index in [9.17, 15) is 19.2 Å². The molecule has 2 aliphatic heterocycles. The van der Waals surface area contributed by atoms with Crippen LogP contribution in [-0.4, -0.2) is 44.2 Å². The second kappa shape index (κ2) is 8.26. The fourth-order valence-electron chi connectivity index (χ4n) is 5.17. The van der Waals surface area contributed by atoms with E-state index in [4.69, 9.17) is 0 Å². The van der Waals surface area contributed by atoms with Crippen LogP contribution < -0.4 is 15.8 Å². The van der Waals surface area contributed by atoms with Crippen molar-refractivity contribution in [1.82, 2.24) is 14.3 Å². The first-order chi connectivity index (χ1) is 16.7. The van der Waals surface area contributed by atoms with Crippen molar-refractivity contribution in [2.75, 3.05) is 16.8 Å². The molecule has 5 rings (SSSR count). The summed E-state index contributed by atoms with van der Waals surface area (Å²) < 4.78 is 3.19. The van der Waals surface area contributed by atoms with Gasteiger partial charge in [0.2, 0.25) is 11.8 Å². The highest BCUT2D eigenvalue weighted by molar-refractivity contribution is 6.10. The fraction of sp³-hybridized carbons (Fsp3) is 0.308. The molecule has 9 nitrogen and oxygen atoms in total. The van der Waals surface area contributed by atoms with Crippen LogP contribution in [0, 0.1) is 6.92 Å². The van der Waals surface area contributed by atoms with Gasteiger partial charge in [-0.05, 0) is 44.5 Å². The SMILES string of the molecule is Cc1c(NC(=O)CCN2C(=O)c3ccccc3N3C(=O)CCC23C)c(=O)n(-c2ccccc2)n1C. The molecule has 2 aliphatic rings. The lowest BCUT2D eigenvalue weighted by atomic mass is 9.98. The number of amides is 3. The van der Waals surface area contributed by atoms with Crippen LogP contribution in [0.5, 0.6) is 0 Å². The van der Waals surface area contributed by atoms with E-state index >= 15 is 0 Å². The first kappa shape index (κ1) is 22.6. The van der Waals surface area contributed by atoms with Crippen molar-refractivity contribution in [2.24, 2.45) is 7.05 Å². The minimum atomic E-state index is -0.828. The summed E-state index contributed by atoms with van der Waals surface area (Å²) >= 11 is 0. The Morgan fingerprint density at radius 1 is 1.03 bits per heavy atom. The van der Waals surface area contributed by atoms with E-state index in [1.54, 1.807) is 46.7 Å². The van der Waals surface area contributed by atoms with Gasteiger partial charge in [-0.25, -0.2) is 4.68 Å². The second-order valence-corrected chi connectivity index (χ2v) is 9.15. The molecule has 0 bridgehead atoms. The van der Waals surface area contributed by atoms with E-state index in [1.165, 1.54) is 4.68 Å². The Kier molecular flexibility index (Phi) is 5.35. The Morgan fingerprint density at radius 3 is 2.46 bits per heavy atom. The van der Waals surface area contributed by atoms with Crippen LogP contribution in [0.3, 0.4) is 0 Å². The zero-order chi connectivity index (χ0) is 24.9. The van der Waals surface area contributed by atoms with Crippen molar-refractivity contribution in [3.8, 4) is 5.69 Å². The van der Waals surface area contributed by atoms with Crippen LogP contribution in [0.4, 0.5) is 11.4 Å². The molecule has 9 heteroatoms. The smallest absolute Gasteiger partial charge is 0.295 e. The lowest BCUT2D eigenvalue weighted by Crippen LogP contribution is -2.62. The average Bonchev–Trinajstić information content (AvgIpc) is 3.27. The van der Waals surface area contributed by atoms with Gasteiger partial charge in [-0.1, -0.05) is 30.3 Å². The first-order valence-electron chi connectivity index (χ1n) is 11.6. The van der Waals surface area contributed by atoms with Gasteiger partial charge in [-0.3, -0.25) is 28.8 Å². The molecule has 35 heavy (non-hydrogen) atoms. The van der Waals surface area contributed by atoms with Crippen LogP contribution in [-0.2, 0) is 16.6 Å². The van der Waals surface area contributed by atoms with Gasteiger partial charge in [-0.2, -0.15) is 0 Å². The summed E-state index contributed by atoms with van der Waals surface area (Å²) in [6.07, 6.45) is 0.820. The molecule has 0 aliphatic carbocycles. The highest BCUT2D eigenvalue weighted by Gasteiger charge is 2.52. The van der Waals surface area contributed by atoms with Crippen LogP contribution >= 0.6 is 0 Å². The van der Waals surface area contributed by atoms with Gasteiger partial charge in [0, 0.05) is 26.4 Å². The van der Waals surface area contributed by atoms with E-state index in [-0.39, 0.29) is 41.9 Å². The van der Waals surface area contributed by atoms with E-state index in [1.807, 2.05) is 43.3 Å². The molecular formula is C26H27N5O4. The average molecular weight is 474 g/mol. The molecule has 3 amide bonds. The molecule has 3 heterocycles. The number of hydrogen-bond donors (Lipinski definition) is 1. The van der Waals surface area contributed by atoms with Gasteiger partial charge in [0.25, 0.3) is 11.5 Å². The third kappa shape index (κ3) is 3.46. The number of benzene rings is 2. The molecule has 1 N–H and O–H groups in total. The molecule has 1 atom stereocenters. The molecule has 1 aromatic heterocycles. The van der Waals surface area contributed by atoms with E-state index in [0.29, 0.717) is 35.5 Å². The minimum absolute atomic E-state index is 0.00929. The summed E-state index contributed by atoms with van der Waals surface area (Å²) in [5, 5.41) is 2.75. The maximum absolute atomic E-state index is 13.4. The number of nitrogens with zero attached hydrogens (tertiary/aromatic N) is 4. The number of anilines is 2. The predicted molar refractivity (Wildman–Crippen MR) is 132 cm³/mol. The maximum Gasteiger partial charge on any atom is 0.295 e. The monoisotopic (exact) mass is 473 g/mol. The molecule has 3 aromatic rings. The van der Waals surface area contributed by atoms with Gasteiger partial charge >= 0.3 is 0 Å². The molecule has 180 valence electrons. The third-order valence-corrected chi connectivity index (χ3v) is 7.13. The van der Waals surface area contributed by atoms with Crippen molar-refractivity contribution < 1.29 is 14.4 Å². The summed E-state index contributed by atoms with van der Waals surface area (Å²) in [7, 11) is 1.76. The minimum Gasteiger partial charge on any atom is -0.320 e. The number of rotatable bonds is 5. The Bertz CT molecular complexity index is 1410. The fourth-order valence-corrected chi connectivity index (χ4v) is 5.17. The van der Waals surface area contributed by atoms with Crippen molar-refractivity contribution in [3.05, 3.63) is 76.2 Å². The molecule has 0 radical (unpaired) electrons. The first-order valence-corrected chi connectivity index (χ1v) is 11.6. The van der Waals surface area contributed by atoms with Crippen LogP contribution in [0.15, 0.2) is 59.4 Å². The lowest BCUT2D eigenvalue weighted by molar-refractivity contribution is -0.117. The topological polar surface area (TPSA) is 96.7 Å². The van der Waals surface area contributed by atoms with Crippen molar-refractivity contribution in [2.45, 2.75) is 38.8 Å². The molecule has 0 saturated carbocycles. The van der Waals surface area contributed by atoms with Gasteiger partial charge in [0.1, 0.15) is 11.4 Å². The highest BCUT2D eigenvalue weighted by Crippen LogP contribution is 2.43. The summed E-state index contributed by atoms with van der Waals surface area (Å²) in [6, 6.07) is 16.3. The Balaban J connectivity index is 1.38. The number of carbonyl (C=O) groups excluding carboxylic acids is 3. The Labute approximate surface area is 202 Å². The molecule has 1 saturated heterocycles. The molecule has 2 aromatic carbocycles. The van der Waals surface area contributed by atoms with Crippen molar-refractivity contribution >= 4 is 29.1 Å². The largest absolute Gasteiger partial charge is 0.320 e. The number of nitrogens with one attached hydrogen (secondary N) is 1. The predicted octanol–water partition coefficient (Wildman–Crippen LogP) is 2.81. The van der Waals surface area contributed by atoms with Crippen molar-refractivity contribution in [1.29, 1.82) is 0 Å². The number of carbonyl (C=O) groups is 3. The quantitative estimate of drug-likeness (QED) is 0.616.